The van der Waals surface area contributed by atoms with Gasteiger partial charge in [-0.3, -0.25) is 15.1 Å². The number of piperidine rings is 1. The fraction of sp³-hybridized carbons (Fsp3) is 0.500. The highest BCUT2D eigenvalue weighted by Gasteiger charge is 2.37. The number of aromatic nitrogens is 5. The Morgan fingerprint density at radius 3 is 2.13 bits per heavy atom. The second-order valence-electron chi connectivity index (χ2n) is 12.3. The van der Waals surface area contributed by atoms with Crippen LogP contribution in [-0.2, 0) is 23.9 Å². The monoisotopic (exact) mass is 529 g/mol. The molecule has 38 heavy (non-hydrogen) atoms. The number of nitrogens with one attached hydrogen (secondary N) is 2. The number of anilines is 1. The zero-order chi connectivity index (χ0) is 26.3. The molecule has 4 aromatic rings. The van der Waals surface area contributed by atoms with E-state index in [0.29, 0.717) is 6.04 Å². The number of rotatable bonds is 7. The fourth-order valence-corrected chi connectivity index (χ4v) is 7.09. The van der Waals surface area contributed by atoms with E-state index in [4.69, 9.17) is 4.98 Å². The number of fused-ring (bicyclic) bond motifs is 1. The van der Waals surface area contributed by atoms with Crippen molar-refractivity contribution in [1.29, 1.82) is 0 Å². The lowest BCUT2D eigenvalue weighted by Crippen LogP contribution is -2.44. The predicted molar refractivity (Wildman–Crippen MR) is 154 cm³/mol. The minimum absolute atomic E-state index is 0.208. The van der Waals surface area contributed by atoms with Crippen LogP contribution in [0.5, 0.6) is 0 Å². The van der Waals surface area contributed by atoms with Crippen LogP contribution < -0.4 is 4.90 Å². The highest BCUT2D eigenvalue weighted by molar-refractivity contribution is 7.14. The number of aromatic amines is 2. The highest BCUT2D eigenvalue weighted by atomic mass is 32.1. The maximum absolute atomic E-state index is 5.13. The molecule has 1 aromatic carbocycles. The van der Waals surface area contributed by atoms with Crippen molar-refractivity contribution >= 4 is 16.5 Å². The molecule has 6 rings (SSSR count). The van der Waals surface area contributed by atoms with Gasteiger partial charge in [0.1, 0.15) is 0 Å². The molecule has 4 heterocycles. The summed E-state index contributed by atoms with van der Waals surface area (Å²) >= 11 is 1.78. The molecule has 8 heteroatoms. The maximum Gasteiger partial charge on any atom is 0.185 e. The minimum Gasteiger partial charge on any atom is -0.348 e. The van der Waals surface area contributed by atoms with Crippen LogP contribution >= 0.6 is 11.3 Å². The molecule has 0 amide bonds. The van der Waals surface area contributed by atoms with E-state index in [9.17, 15) is 0 Å². The van der Waals surface area contributed by atoms with Crippen molar-refractivity contribution < 1.29 is 0 Å². The normalized spacial score (nSPS) is 19.1. The van der Waals surface area contributed by atoms with E-state index in [1.807, 2.05) is 12.4 Å². The third kappa shape index (κ3) is 5.04. The van der Waals surface area contributed by atoms with Gasteiger partial charge in [-0.2, -0.15) is 10.2 Å². The van der Waals surface area contributed by atoms with Crippen molar-refractivity contribution in [2.45, 2.75) is 83.3 Å². The third-order valence-electron chi connectivity index (χ3n) is 8.74. The Bertz CT molecular complexity index is 1310. The minimum atomic E-state index is 0.208. The molecular weight excluding hydrogens is 490 g/mol. The molecule has 0 radical (unpaired) electrons. The lowest BCUT2D eigenvalue weighted by molar-refractivity contribution is 0.148. The van der Waals surface area contributed by atoms with Crippen molar-refractivity contribution in [3.63, 3.8) is 0 Å². The van der Waals surface area contributed by atoms with E-state index >= 15 is 0 Å². The number of thiazole rings is 1. The van der Waals surface area contributed by atoms with Crippen LogP contribution in [0.3, 0.4) is 0 Å². The fourth-order valence-electron chi connectivity index (χ4n) is 6.20. The summed E-state index contributed by atoms with van der Waals surface area (Å²) in [4.78, 5) is 10.1. The van der Waals surface area contributed by atoms with Crippen molar-refractivity contribution in [1.82, 2.24) is 30.3 Å². The molecule has 1 saturated heterocycles. The van der Waals surface area contributed by atoms with Gasteiger partial charge in [0.25, 0.3) is 0 Å². The summed E-state index contributed by atoms with van der Waals surface area (Å²) in [6.07, 6.45) is 8.47. The Kier molecular flexibility index (Phi) is 6.64. The van der Waals surface area contributed by atoms with Crippen molar-refractivity contribution in [2.75, 3.05) is 18.0 Å². The molecule has 2 aliphatic rings. The van der Waals surface area contributed by atoms with Gasteiger partial charge in [-0.25, -0.2) is 4.98 Å². The molecule has 1 fully saturated rings. The van der Waals surface area contributed by atoms with Gasteiger partial charge >= 0.3 is 0 Å². The van der Waals surface area contributed by atoms with Crippen molar-refractivity contribution in [2.24, 2.45) is 0 Å². The molecule has 7 nitrogen and oxygen atoms in total. The van der Waals surface area contributed by atoms with Crippen LogP contribution in [0.15, 0.2) is 48.1 Å². The number of benzene rings is 1. The van der Waals surface area contributed by atoms with Gasteiger partial charge in [0.15, 0.2) is 5.13 Å². The molecule has 2 N–H and O–H groups in total. The smallest absolute Gasteiger partial charge is 0.185 e. The first-order valence-electron chi connectivity index (χ1n) is 13.9. The van der Waals surface area contributed by atoms with E-state index in [0.717, 1.165) is 61.2 Å². The SMILES string of the molecule is CC1(C)CCC(C)(C)c2cc(-c3csc(N4CCC(N(Cc5cc[nH]n5)Cc5cc[nH]n5)CC4)n3)ccc21. The highest BCUT2D eigenvalue weighted by Crippen LogP contribution is 2.47. The van der Waals surface area contributed by atoms with E-state index in [2.05, 4.69) is 93.6 Å². The van der Waals surface area contributed by atoms with Gasteiger partial charge in [-0.1, -0.05) is 39.8 Å². The molecule has 0 bridgehead atoms. The van der Waals surface area contributed by atoms with Gasteiger partial charge in [-0.15, -0.1) is 11.3 Å². The van der Waals surface area contributed by atoms with Gasteiger partial charge in [0, 0.05) is 55.6 Å². The number of nitrogens with zero attached hydrogens (tertiary/aromatic N) is 5. The summed E-state index contributed by atoms with van der Waals surface area (Å²) in [7, 11) is 0. The Labute approximate surface area is 229 Å². The summed E-state index contributed by atoms with van der Waals surface area (Å²) in [5.41, 5.74) is 7.94. The first kappa shape index (κ1) is 25.3. The molecule has 0 atom stereocenters. The first-order valence-corrected chi connectivity index (χ1v) is 14.7. The lowest BCUT2D eigenvalue weighted by Gasteiger charge is -2.42. The zero-order valence-electron chi connectivity index (χ0n) is 23.0. The molecule has 3 aromatic heterocycles. The van der Waals surface area contributed by atoms with Crippen LogP contribution in [0.2, 0.25) is 0 Å². The third-order valence-corrected chi connectivity index (χ3v) is 9.64. The molecule has 1 aliphatic heterocycles. The second kappa shape index (κ2) is 9.97. The molecule has 0 spiro atoms. The van der Waals surface area contributed by atoms with Crippen LogP contribution in [0.1, 0.15) is 75.9 Å². The number of H-pyrrole nitrogens is 2. The molecule has 0 saturated carbocycles. The van der Waals surface area contributed by atoms with Crippen LogP contribution in [0, 0.1) is 0 Å². The predicted octanol–water partition coefficient (Wildman–Crippen LogP) is 6.28. The van der Waals surface area contributed by atoms with Gasteiger partial charge < -0.3 is 4.90 Å². The van der Waals surface area contributed by atoms with Crippen molar-refractivity contribution in [3.05, 3.63) is 70.6 Å². The maximum atomic E-state index is 5.13. The summed E-state index contributed by atoms with van der Waals surface area (Å²) in [6.45, 7) is 13.2. The van der Waals surface area contributed by atoms with Crippen LogP contribution in [-0.4, -0.2) is 49.4 Å². The zero-order valence-corrected chi connectivity index (χ0v) is 23.8. The summed E-state index contributed by atoms with van der Waals surface area (Å²) in [6, 6.07) is 11.7. The number of hydrogen-bond donors (Lipinski definition) is 2. The molecule has 200 valence electrons. The molecule has 0 unspecified atom stereocenters. The molecular formula is C30H39N7S. The van der Waals surface area contributed by atoms with E-state index in [1.54, 1.807) is 11.3 Å². The molecule has 1 aliphatic carbocycles. The Balaban J connectivity index is 1.15. The topological polar surface area (TPSA) is 76.7 Å². The van der Waals surface area contributed by atoms with E-state index in [-0.39, 0.29) is 10.8 Å². The summed E-state index contributed by atoms with van der Waals surface area (Å²) in [5, 5.41) is 18.1. The second-order valence-corrected chi connectivity index (χ2v) is 13.1. The quantitative estimate of drug-likeness (QED) is 0.295. The van der Waals surface area contributed by atoms with E-state index in [1.165, 1.54) is 29.5 Å². The average molecular weight is 530 g/mol. The van der Waals surface area contributed by atoms with Gasteiger partial charge in [0.05, 0.1) is 17.1 Å². The van der Waals surface area contributed by atoms with Crippen molar-refractivity contribution in [3.8, 4) is 11.3 Å². The Hall–Kier alpha value is -2.97. The van der Waals surface area contributed by atoms with Crippen LogP contribution in [0.4, 0.5) is 5.13 Å². The lowest BCUT2D eigenvalue weighted by atomic mass is 9.63. The summed E-state index contributed by atoms with van der Waals surface area (Å²) < 4.78 is 0. The number of hydrogen-bond acceptors (Lipinski definition) is 6. The average Bonchev–Trinajstić information content (AvgIpc) is 3.70. The Morgan fingerprint density at radius 1 is 0.895 bits per heavy atom. The van der Waals surface area contributed by atoms with Gasteiger partial charge in [-0.05, 0) is 65.8 Å². The van der Waals surface area contributed by atoms with E-state index < -0.39 is 0 Å². The summed E-state index contributed by atoms with van der Waals surface area (Å²) in [5.74, 6) is 0. The first-order chi connectivity index (χ1) is 18.3. The largest absolute Gasteiger partial charge is 0.348 e. The standard InChI is InChI=1S/C30H39N7S/c1-29(2)11-12-30(3,4)26-17-21(5-6-25(26)29)27-20-38-28(33-27)36-15-9-24(10-16-36)37(18-22-7-13-31-34-22)19-23-8-14-32-35-23/h5-8,13-14,17,20,24H,9-12,15-16,18-19H2,1-4H3,(H,31,34)(H,32,35). The van der Waals surface area contributed by atoms with Crippen LogP contribution in [0.25, 0.3) is 11.3 Å². The Morgan fingerprint density at radius 2 is 1.53 bits per heavy atom. The van der Waals surface area contributed by atoms with Gasteiger partial charge in [0.2, 0.25) is 0 Å².